The molecule has 3 aliphatic rings. The molecule has 0 amide bonds. The summed E-state index contributed by atoms with van der Waals surface area (Å²) in [5.41, 5.74) is 20.6. The highest BCUT2D eigenvalue weighted by atomic mass is 15.1. The first-order valence-corrected chi connectivity index (χ1v) is 18.9. The molecule has 8 aromatic carbocycles. The minimum absolute atomic E-state index is 0.362. The van der Waals surface area contributed by atoms with Crippen LogP contribution in [0.5, 0.6) is 0 Å². The van der Waals surface area contributed by atoms with E-state index in [9.17, 15) is 0 Å². The van der Waals surface area contributed by atoms with Gasteiger partial charge in [0.05, 0.1) is 16.4 Å². The second-order valence-electron chi connectivity index (χ2n) is 14.8. The van der Waals surface area contributed by atoms with Crippen LogP contribution < -0.4 is 4.90 Å². The molecule has 3 aliphatic carbocycles. The van der Waals surface area contributed by atoms with Crippen molar-refractivity contribution >= 4 is 50.0 Å². The molecule has 1 heterocycles. The predicted octanol–water partition coefficient (Wildman–Crippen LogP) is 13.0. The molecule has 0 radical (unpaired) electrons. The number of aromatic nitrogens is 1. The topological polar surface area (TPSA) is 8.17 Å². The minimum Gasteiger partial charge on any atom is -0.310 e. The highest BCUT2D eigenvalue weighted by molar-refractivity contribution is 6.14. The van der Waals surface area contributed by atoms with Crippen LogP contribution in [0.1, 0.15) is 33.4 Å². The Labute approximate surface area is 314 Å². The number of nitrogens with zero attached hydrogens (tertiary/aromatic N) is 2. The Morgan fingerprint density at radius 1 is 0.407 bits per heavy atom. The first kappa shape index (κ1) is 29.7. The van der Waals surface area contributed by atoms with E-state index in [1.54, 1.807) is 0 Å². The Kier molecular flexibility index (Phi) is 6.07. The van der Waals surface area contributed by atoms with Gasteiger partial charge in [-0.25, -0.2) is 0 Å². The number of fused-ring (bicyclic) bond motifs is 14. The second-order valence-corrected chi connectivity index (χ2v) is 14.8. The number of para-hydroxylation sites is 3. The zero-order chi connectivity index (χ0) is 35.4. The molecule has 1 aromatic heterocycles. The van der Waals surface area contributed by atoms with Crippen molar-refractivity contribution in [2.75, 3.05) is 4.90 Å². The summed E-state index contributed by atoms with van der Waals surface area (Å²) in [7, 11) is 0. The smallest absolute Gasteiger partial charge is 0.0728 e. The largest absolute Gasteiger partial charge is 0.310 e. The van der Waals surface area contributed by atoms with Gasteiger partial charge in [0.25, 0.3) is 0 Å². The van der Waals surface area contributed by atoms with E-state index in [0.717, 1.165) is 23.5 Å². The van der Waals surface area contributed by atoms with Gasteiger partial charge >= 0.3 is 0 Å². The molecule has 2 heteroatoms. The van der Waals surface area contributed by atoms with Gasteiger partial charge in [0.15, 0.2) is 0 Å². The van der Waals surface area contributed by atoms with E-state index in [1.165, 1.54) is 83.1 Å². The van der Waals surface area contributed by atoms with Gasteiger partial charge in [0.1, 0.15) is 0 Å². The molecule has 54 heavy (non-hydrogen) atoms. The van der Waals surface area contributed by atoms with Crippen LogP contribution in [0.25, 0.3) is 49.8 Å². The van der Waals surface area contributed by atoms with Crippen LogP contribution >= 0.6 is 0 Å². The van der Waals surface area contributed by atoms with Gasteiger partial charge in [-0.2, -0.15) is 0 Å². The summed E-state index contributed by atoms with van der Waals surface area (Å²) < 4.78 is 2.39. The molecular formula is C52H34N2. The molecule has 0 aliphatic heterocycles. The van der Waals surface area contributed by atoms with Crippen LogP contribution in [0.3, 0.4) is 0 Å². The van der Waals surface area contributed by atoms with E-state index in [2.05, 4.69) is 204 Å². The van der Waals surface area contributed by atoms with Crippen molar-refractivity contribution in [3.8, 4) is 16.8 Å². The Hall–Kier alpha value is -6.90. The molecule has 0 fully saturated rings. The third-order valence-corrected chi connectivity index (χ3v) is 12.2. The number of benzene rings is 8. The van der Waals surface area contributed by atoms with Crippen molar-refractivity contribution in [2.45, 2.75) is 11.8 Å². The van der Waals surface area contributed by atoms with Gasteiger partial charge in [0.2, 0.25) is 0 Å². The van der Waals surface area contributed by atoms with Crippen LogP contribution in [-0.4, -0.2) is 4.57 Å². The normalized spacial score (nSPS) is 16.1. The number of anilines is 3. The average Bonchev–Trinajstić information content (AvgIpc) is 3.95. The van der Waals surface area contributed by atoms with E-state index in [0.29, 0.717) is 0 Å². The first-order chi connectivity index (χ1) is 26.8. The summed E-state index contributed by atoms with van der Waals surface area (Å²) in [6.45, 7) is 0. The molecule has 1 unspecified atom stereocenters. The number of rotatable bonds is 4. The molecule has 1 spiro atoms. The van der Waals surface area contributed by atoms with Crippen molar-refractivity contribution in [2.24, 2.45) is 0 Å². The summed E-state index contributed by atoms with van der Waals surface area (Å²) in [6.07, 6.45) is 0.977. The molecule has 0 saturated carbocycles. The van der Waals surface area contributed by atoms with E-state index >= 15 is 0 Å². The average molecular weight is 687 g/mol. The maximum atomic E-state index is 2.45. The molecule has 1 atom stereocenters. The lowest BCUT2D eigenvalue weighted by molar-refractivity contribution is 0.842. The SMILES string of the molecule is c1ccc(N(c2ccc3c(c2)-c2ccccc2C32C3=C(Cc4ccccc43)c3ccccc32)c2ccc3c(c2)c2ccccc2n3-c2ccccc2)cc1. The first-order valence-electron chi connectivity index (χ1n) is 18.9. The van der Waals surface area contributed by atoms with Crippen LogP contribution in [0, 0.1) is 0 Å². The Bertz CT molecular complexity index is 3020. The van der Waals surface area contributed by atoms with Gasteiger partial charge in [-0.1, -0.05) is 133 Å². The lowest BCUT2D eigenvalue weighted by Gasteiger charge is -2.33. The number of hydrogen-bond donors (Lipinski definition) is 0. The summed E-state index contributed by atoms with van der Waals surface area (Å²) >= 11 is 0. The number of hydrogen-bond acceptors (Lipinski definition) is 1. The fourth-order valence-electron chi connectivity index (χ4n) is 10.2. The fourth-order valence-corrected chi connectivity index (χ4v) is 10.2. The van der Waals surface area contributed by atoms with E-state index in [1.807, 2.05) is 0 Å². The van der Waals surface area contributed by atoms with E-state index in [-0.39, 0.29) is 5.41 Å². The lowest BCUT2D eigenvalue weighted by Crippen LogP contribution is -2.26. The van der Waals surface area contributed by atoms with Crippen LogP contribution in [-0.2, 0) is 11.8 Å². The third-order valence-electron chi connectivity index (χ3n) is 12.2. The lowest BCUT2D eigenvalue weighted by atomic mass is 9.68. The Balaban J connectivity index is 1.10. The Morgan fingerprint density at radius 2 is 1.00 bits per heavy atom. The van der Waals surface area contributed by atoms with E-state index < -0.39 is 0 Å². The monoisotopic (exact) mass is 686 g/mol. The van der Waals surface area contributed by atoms with E-state index in [4.69, 9.17) is 0 Å². The number of allylic oxidation sites excluding steroid dienone is 2. The molecule has 0 saturated heterocycles. The highest BCUT2D eigenvalue weighted by Crippen LogP contribution is 2.67. The minimum atomic E-state index is -0.362. The zero-order valence-corrected chi connectivity index (χ0v) is 29.6. The van der Waals surface area contributed by atoms with Gasteiger partial charge in [0, 0.05) is 33.5 Å². The van der Waals surface area contributed by atoms with Crippen molar-refractivity contribution in [3.63, 3.8) is 0 Å². The summed E-state index contributed by atoms with van der Waals surface area (Å²) in [6, 6.07) is 71.9. The van der Waals surface area contributed by atoms with Crippen molar-refractivity contribution in [3.05, 3.63) is 228 Å². The molecule has 0 bridgehead atoms. The molecule has 2 nitrogen and oxygen atoms in total. The maximum absolute atomic E-state index is 2.45. The third kappa shape index (κ3) is 3.84. The maximum Gasteiger partial charge on any atom is 0.0728 e. The van der Waals surface area contributed by atoms with Crippen molar-refractivity contribution in [1.82, 2.24) is 4.57 Å². The van der Waals surface area contributed by atoms with Gasteiger partial charge in [-0.05, 0) is 123 Å². The summed E-state index contributed by atoms with van der Waals surface area (Å²) in [4.78, 5) is 2.43. The quantitative estimate of drug-likeness (QED) is 0.179. The second kappa shape index (κ2) is 11.1. The van der Waals surface area contributed by atoms with Gasteiger partial charge in [-0.15, -0.1) is 0 Å². The summed E-state index contributed by atoms with van der Waals surface area (Å²) in [5, 5.41) is 2.48. The molecule has 9 aromatic rings. The van der Waals surface area contributed by atoms with Crippen molar-refractivity contribution < 1.29 is 0 Å². The Morgan fingerprint density at radius 3 is 1.83 bits per heavy atom. The standard InChI is InChI=1S/C52H34N2/c1-3-16-35(17-4-1)53(38-28-30-50-44(33-38)42-23-11-14-26-49(42)54(50)36-18-5-2-6-19-36)37-27-29-48-43(32-37)40-21-9-12-24-46(40)52(48)47-25-13-10-22-41(47)45-31-34-15-7-8-20-39(34)51(45)52/h1-30,32-33H,31H2. The van der Waals surface area contributed by atoms with Crippen LogP contribution in [0.15, 0.2) is 194 Å². The predicted molar refractivity (Wildman–Crippen MR) is 224 cm³/mol. The van der Waals surface area contributed by atoms with Crippen LogP contribution in [0.4, 0.5) is 17.1 Å². The van der Waals surface area contributed by atoms with Gasteiger partial charge < -0.3 is 9.47 Å². The molecule has 252 valence electrons. The van der Waals surface area contributed by atoms with Crippen molar-refractivity contribution in [1.29, 1.82) is 0 Å². The summed E-state index contributed by atoms with van der Waals surface area (Å²) in [5.74, 6) is 0. The fraction of sp³-hybridized carbons (Fsp3) is 0.0385. The molecule has 0 N–H and O–H groups in total. The van der Waals surface area contributed by atoms with Gasteiger partial charge in [-0.3, -0.25) is 0 Å². The highest BCUT2D eigenvalue weighted by Gasteiger charge is 2.55. The molecule has 12 rings (SSSR count). The zero-order valence-electron chi connectivity index (χ0n) is 29.6. The van der Waals surface area contributed by atoms with Crippen LogP contribution in [0.2, 0.25) is 0 Å². The molecular weight excluding hydrogens is 653 g/mol.